The van der Waals surface area contributed by atoms with Gasteiger partial charge in [0.05, 0.1) is 13.0 Å². The number of halogens is 3. The Morgan fingerprint density at radius 1 is 1.25 bits per heavy atom. The second-order valence-corrected chi connectivity index (χ2v) is 6.66. The van der Waals surface area contributed by atoms with Crippen molar-refractivity contribution in [2.45, 2.75) is 38.5 Å². The molecule has 2 rings (SSSR count). The van der Waals surface area contributed by atoms with Crippen molar-refractivity contribution >= 4 is 12.0 Å². The van der Waals surface area contributed by atoms with Crippen LogP contribution in [-0.2, 0) is 9.53 Å². The summed E-state index contributed by atoms with van der Waals surface area (Å²) >= 11 is 0. The first-order valence-corrected chi connectivity index (χ1v) is 9.20. The number of carbonyl (C=O) groups is 2. The van der Waals surface area contributed by atoms with Crippen LogP contribution in [0.3, 0.4) is 0 Å². The molecule has 0 bridgehead atoms. The molecule has 1 aliphatic heterocycles. The second kappa shape index (κ2) is 9.66. The molecule has 28 heavy (non-hydrogen) atoms. The van der Waals surface area contributed by atoms with Crippen LogP contribution in [-0.4, -0.2) is 50.0 Å². The smallest absolute Gasteiger partial charge is 0.453 e. The largest absolute Gasteiger partial charge is 0.573 e. The first kappa shape index (κ1) is 21.8. The average molecular weight is 402 g/mol. The van der Waals surface area contributed by atoms with Gasteiger partial charge in [-0.25, -0.2) is 4.79 Å². The molecule has 1 aromatic carbocycles. The number of nitrogens with zero attached hydrogens (tertiary/aromatic N) is 1. The van der Waals surface area contributed by atoms with Crippen LogP contribution in [0.4, 0.5) is 18.0 Å². The van der Waals surface area contributed by atoms with Crippen LogP contribution in [0.5, 0.6) is 5.75 Å². The molecule has 1 unspecified atom stereocenters. The zero-order chi connectivity index (χ0) is 20.7. The van der Waals surface area contributed by atoms with Gasteiger partial charge in [-0.3, -0.25) is 4.79 Å². The fraction of sp³-hybridized carbons (Fsp3) is 0.579. The Bertz CT molecular complexity index is 673. The number of likely N-dealkylation sites (tertiary alicyclic amines) is 1. The van der Waals surface area contributed by atoms with Gasteiger partial charge in [-0.1, -0.05) is 25.1 Å². The van der Waals surface area contributed by atoms with E-state index in [1.165, 1.54) is 19.2 Å². The van der Waals surface area contributed by atoms with Crippen molar-refractivity contribution in [3.05, 3.63) is 29.8 Å². The number of benzene rings is 1. The normalized spacial score (nSPS) is 16.4. The van der Waals surface area contributed by atoms with Crippen LogP contribution >= 0.6 is 0 Å². The Balaban J connectivity index is 1.97. The summed E-state index contributed by atoms with van der Waals surface area (Å²) in [6.45, 7) is 2.93. The maximum absolute atomic E-state index is 12.7. The summed E-state index contributed by atoms with van der Waals surface area (Å²) in [5.74, 6) is -0.738. The molecule has 1 fully saturated rings. The molecule has 0 spiro atoms. The van der Waals surface area contributed by atoms with Gasteiger partial charge < -0.3 is 19.7 Å². The molecule has 6 nitrogen and oxygen atoms in total. The summed E-state index contributed by atoms with van der Waals surface area (Å²) in [5, 5.41) is 2.54. The molecule has 0 saturated carbocycles. The molecule has 0 radical (unpaired) electrons. The third-order valence-corrected chi connectivity index (χ3v) is 4.91. The van der Waals surface area contributed by atoms with Gasteiger partial charge in [0, 0.05) is 19.6 Å². The summed E-state index contributed by atoms with van der Waals surface area (Å²) in [4.78, 5) is 25.6. The fourth-order valence-corrected chi connectivity index (χ4v) is 3.39. The monoisotopic (exact) mass is 402 g/mol. The summed E-state index contributed by atoms with van der Waals surface area (Å²) < 4.78 is 46.5. The van der Waals surface area contributed by atoms with E-state index in [1.54, 1.807) is 17.0 Å². The van der Waals surface area contributed by atoms with Gasteiger partial charge in [0.2, 0.25) is 5.91 Å². The predicted octanol–water partition coefficient (Wildman–Crippen LogP) is 3.67. The van der Waals surface area contributed by atoms with Crippen LogP contribution < -0.4 is 10.1 Å². The van der Waals surface area contributed by atoms with Crippen molar-refractivity contribution in [1.29, 1.82) is 0 Å². The maximum atomic E-state index is 12.7. The lowest BCUT2D eigenvalue weighted by Gasteiger charge is -2.34. The molecule has 2 amide bonds. The molecule has 0 aliphatic carbocycles. The van der Waals surface area contributed by atoms with Crippen LogP contribution in [0, 0.1) is 5.92 Å². The highest BCUT2D eigenvalue weighted by molar-refractivity contribution is 5.80. The van der Waals surface area contributed by atoms with E-state index in [-0.39, 0.29) is 30.0 Å². The minimum Gasteiger partial charge on any atom is -0.453 e. The lowest BCUT2D eigenvalue weighted by atomic mass is 9.88. The lowest BCUT2D eigenvalue weighted by Crippen LogP contribution is -2.44. The summed E-state index contributed by atoms with van der Waals surface area (Å²) in [5.41, 5.74) is 0.506. The van der Waals surface area contributed by atoms with Crippen LogP contribution in [0.1, 0.15) is 37.7 Å². The molecule has 156 valence electrons. The third-order valence-electron chi connectivity index (χ3n) is 4.91. The number of alkyl carbamates (subject to hydrolysis) is 1. The second-order valence-electron chi connectivity index (χ2n) is 6.66. The molecule has 0 aromatic heterocycles. The van der Waals surface area contributed by atoms with Crippen LogP contribution in [0.2, 0.25) is 0 Å². The first-order valence-electron chi connectivity index (χ1n) is 9.20. The van der Waals surface area contributed by atoms with Crippen LogP contribution in [0.15, 0.2) is 24.3 Å². The van der Waals surface area contributed by atoms with E-state index in [1.807, 2.05) is 6.92 Å². The number of methoxy groups -OCH3 is 1. The van der Waals surface area contributed by atoms with Crippen molar-refractivity contribution in [2.24, 2.45) is 5.92 Å². The summed E-state index contributed by atoms with van der Waals surface area (Å²) in [7, 11) is 1.25. The van der Waals surface area contributed by atoms with E-state index < -0.39 is 12.5 Å². The van der Waals surface area contributed by atoms with Gasteiger partial charge in [0.15, 0.2) is 0 Å². The quantitative estimate of drug-likeness (QED) is 0.788. The van der Waals surface area contributed by atoms with E-state index in [0.717, 1.165) is 0 Å². The van der Waals surface area contributed by atoms with Crippen molar-refractivity contribution < 1.29 is 32.2 Å². The highest BCUT2D eigenvalue weighted by Crippen LogP contribution is 2.36. The zero-order valence-electron chi connectivity index (χ0n) is 15.9. The Labute approximate surface area is 162 Å². The number of amides is 2. The predicted molar refractivity (Wildman–Crippen MR) is 95.9 cm³/mol. The standard InChI is InChI=1S/C19H25F3N2O4/c1-3-13(12-23-18(26)27-2)17(25)24-10-8-14(9-11-24)15-6-4-5-7-16(15)28-19(20,21)22/h4-7,13-14H,3,8-12H2,1-2H3,(H,23,26). The van der Waals surface area contributed by atoms with Gasteiger partial charge in [-0.2, -0.15) is 0 Å². The summed E-state index contributed by atoms with van der Waals surface area (Å²) in [6, 6.07) is 6.13. The molecule has 1 saturated heterocycles. The number of hydrogen-bond acceptors (Lipinski definition) is 4. The molecule has 1 N–H and O–H groups in total. The number of ether oxygens (including phenoxy) is 2. The van der Waals surface area contributed by atoms with E-state index in [2.05, 4.69) is 14.8 Å². The minimum absolute atomic E-state index is 0.0721. The average Bonchev–Trinajstić information content (AvgIpc) is 2.67. The number of rotatable bonds is 6. The topological polar surface area (TPSA) is 67.9 Å². The van der Waals surface area contributed by atoms with E-state index in [9.17, 15) is 22.8 Å². The highest BCUT2D eigenvalue weighted by atomic mass is 19.4. The number of carbonyl (C=O) groups excluding carboxylic acids is 2. The van der Waals surface area contributed by atoms with Crippen molar-refractivity contribution in [3.8, 4) is 5.75 Å². The Kier molecular flexibility index (Phi) is 7.53. The van der Waals surface area contributed by atoms with Crippen LogP contribution in [0.25, 0.3) is 0 Å². The van der Waals surface area contributed by atoms with Crippen molar-refractivity contribution in [1.82, 2.24) is 10.2 Å². The van der Waals surface area contributed by atoms with Gasteiger partial charge in [-0.15, -0.1) is 13.2 Å². The maximum Gasteiger partial charge on any atom is 0.573 e. The molecular formula is C19H25F3N2O4. The lowest BCUT2D eigenvalue weighted by molar-refractivity contribution is -0.275. The number of piperidine rings is 1. The fourth-order valence-electron chi connectivity index (χ4n) is 3.39. The van der Waals surface area contributed by atoms with E-state index >= 15 is 0 Å². The number of para-hydroxylation sites is 1. The van der Waals surface area contributed by atoms with Gasteiger partial charge in [0.25, 0.3) is 0 Å². The SMILES string of the molecule is CCC(CNC(=O)OC)C(=O)N1CCC(c2ccccc2OC(F)(F)F)CC1. The Morgan fingerprint density at radius 3 is 2.46 bits per heavy atom. The van der Waals surface area contributed by atoms with E-state index in [4.69, 9.17) is 0 Å². The highest BCUT2D eigenvalue weighted by Gasteiger charge is 2.34. The van der Waals surface area contributed by atoms with Gasteiger partial charge >= 0.3 is 12.5 Å². The summed E-state index contributed by atoms with van der Waals surface area (Å²) in [6.07, 6.45) is -3.68. The van der Waals surface area contributed by atoms with Crippen molar-refractivity contribution in [2.75, 3.05) is 26.7 Å². The molecular weight excluding hydrogens is 377 g/mol. The molecule has 1 heterocycles. The van der Waals surface area contributed by atoms with Crippen molar-refractivity contribution in [3.63, 3.8) is 0 Å². The zero-order valence-corrected chi connectivity index (χ0v) is 15.9. The van der Waals surface area contributed by atoms with Gasteiger partial charge in [0.1, 0.15) is 5.75 Å². The minimum atomic E-state index is -4.74. The Hall–Kier alpha value is -2.45. The number of hydrogen-bond donors (Lipinski definition) is 1. The number of alkyl halides is 3. The first-order chi connectivity index (χ1) is 13.2. The molecule has 1 aromatic rings. The third kappa shape index (κ3) is 6.03. The van der Waals surface area contributed by atoms with Gasteiger partial charge in [-0.05, 0) is 36.8 Å². The number of nitrogens with one attached hydrogen (secondary N) is 1. The van der Waals surface area contributed by atoms with E-state index in [0.29, 0.717) is 37.9 Å². The Morgan fingerprint density at radius 2 is 1.89 bits per heavy atom. The molecule has 9 heteroatoms. The molecule has 1 aliphatic rings. The molecule has 1 atom stereocenters.